The highest BCUT2D eigenvalue weighted by atomic mass is 32.2. The van der Waals surface area contributed by atoms with Crippen LogP contribution >= 0.6 is 11.8 Å². The molecule has 0 aliphatic carbocycles. The number of carboxylic acid groups (broad SMARTS) is 1. The van der Waals surface area contributed by atoms with E-state index in [1.807, 2.05) is 11.8 Å². The second-order valence-electron chi connectivity index (χ2n) is 6.53. The minimum Gasteiger partial charge on any atom is -0.480 e. The van der Waals surface area contributed by atoms with Crippen molar-refractivity contribution in [2.24, 2.45) is 0 Å². The van der Waals surface area contributed by atoms with Gasteiger partial charge < -0.3 is 5.11 Å². The van der Waals surface area contributed by atoms with Gasteiger partial charge in [-0.2, -0.15) is 0 Å². The van der Waals surface area contributed by atoms with Crippen molar-refractivity contribution < 1.29 is 9.90 Å². The highest BCUT2D eigenvalue weighted by Gasteiger charge is 2.25. The molecule has 3 nitrogen and oxygen atoms in total. The molecule has 0 bridgehead atoms. The third kappa shape index (κ3) is 9.73. The average molecular weight is 330 g/mol. The molecular weight excluding hydrogens is 294 g/mol. The maximum Gasteiger partial charge on any atom is 0.320 e. The zero-order valence-electron chi connectivity index (χ0n) is 14.3. The molecule has 0 unspecified atom stereocenters. The fourth-order valence-electron chi connectivity index (χ4n) is 3.04. The molecule has 0 aromatic rings. The number of unbranched alkanes of at least 4 members (excludes halogenated alkanes) is 10. The Labute approximate surface area is 141 Å². The minimum absolute atomic E-state index is 0.320. The highest BCUT2D eigenvalue weighted by Crippen LogP contribution is 2.23. The third-order valence-electron chi connectivity index (χ3n) is 4.48. The molecule has 0 spiro atoms. The Balaban J connectivity index is 1.86. The molecule has 2 atom stereocenters. The van der Waals surface area contributed by atoms with Gasteiger partial charge in [-0.3, -0.25) is 10.1 Å². The van der Waals surface area contributed by atoms with E-state index in [-0.39, 0.29) is 6.04 Å². The molecule has 0 aromatic heterocycles. The summed E-state index contributed by atoms with van der Waals surface area (Å²) in [6.07, 6.45) is 16.9. The summed E-state index contributed by atoms with van der Waals surface area (Å²) in [5, 5.41) is 12.7. The molecule has 2 N–H and O–H groups in total. The van der Waals surface area contributed by atoms with Crippen molar-refractivity contribution in [3.8, 4) is 0 Å². The van der Waals surface area contributed by atoms with E-state index < -0.39 is 5.97 Å². The molecule has 1 aliphatic heterocycles. The maximum atomic E-state index is 11.0. The van der Waals surface area contributed by atoms with Gasteiger partial charge in [-0.15, -0.1) is 11.8 Å². The molecule has 1 saturated heterocycles. The maximum absolute atomic E-state index is 11.0. The van der Waals surface area contributed by atoms with Crippen molar-refractivity contribution in [2.45, 2.75) is 102 Å². The molecule has 1 aliphatic rings. The molecule has 1 heterocycles. The van der Waals surface area contributed by atoms with E-state index in [4.69, 9.17) is 5.11 Å². The lowest BCUT2D eigenvalue weighted by Gasteiger charge is -2.28. The van der Waals surface area contributed by atoms with Gasteiger partial charge in [0.2, 0.25) is 0 Å². The predicted molar refractivity (Wildman–Crippen MR) is 96.5 cm³/mol. The molecule has 0 saturated carbocycles. The van der Waals surface area contributed by atoms with Crippen LogP contribution in [0.4, 0.5) is 0 Å². The van der Waals surface area contributed by atoms with E-state index >= 15 is 0 Å². The molecule has 1 fully saturated rings. The summed E-state index contributed by atoms with van der Waals surface area (Å²) in [4.78, 5) is 11.0. The molecule has 130 valence electrons. The SMILES string of the molecule is CCCCCCCCCCCCC[C@@H]1N[C@@H](C(=O)O)CCS1. The van der Waals surface area contributed by atoms with Gasteiger partial charge in [0.05, 0.1) is 5.37 Å². The van der Waals surface area contributed by atoms with Crippen LogP contribution in [0.5, 0.6) is 0 Å². The summed E-state index contributed by atoms with van der Waals surface area (Å²) in [5.74, 6) is 0.288. The normalized spacial score (nSPS) is 21.9. The molecular formula is C18H35NO2S. The van der Waals surface area contributed by atoms with Crippen LogP contribution in [-0.2, 0) is 4.79 Å². The van der Waals surface area contributed by atoms with E-state index in [0.717, 1.165) is 18.6 Å². The Hall–Kier alpha value is -0.220. The zero-order chi connectivity index (χ0) is 16.0. The second kappa shape index (κ2) is 13.2. The average Bonchev–Trinajstić information content (AvgIpc) is 2.53. The summed E-state index contributed by atoms with van der Waals surface area (Å²) < 4.78 is 0. The number of aliphatic carboxylic acids is 1. The van der Waals surface area contributed by atoms with Gasteiger partial charge in [0, 0.05) is 0 Å². The fourth-order valence-corrected chi connectivity index (χ4v) is 4.29. The van der Waals surface area contributed by atoms with Crippen LogP contribution in [0, 0.1) is 0 Å². The van der Waals surface area contributed by atoms with E-state index in [9.17, 15) is 4.79 Å². The Kier molecular flexibility index (Phi) is 11.9. The monoisotopic (exact) mass is 329 g/mol. The van der Waals surface area contributed by atoms with Gasteiger partial charge in [0.25, 0.3) is 0 Å². The predicted octanol–water partition coefficient (Wildman–Crippen LogP) is 5.19. The number of carbonyl (C=O) groups is 1. The first kappa shape index (κ1) is 19.8. The first-order valence-corrected chi connectivity index (χ1v) is 10.4. The van der Waals surface area contributed by atoms with E-state index in [0.29, 0.717) is 5.37 Å². The summed E-state index contributed by atoms with van der Waals surface area (Å²) in [6, 6.07) is -0.320. The quantitative estimate of drug-likeness (QED) is 0.456. The number of rotatable bonds is 13. The molecule has 1 rings (SSSR count). The van der Waals surface area contributed by atoms with Crippen molar-refractivity contribution in [1.29, 1.82) is 0 Å². The van der Waals surface area contributed by atoms with Gasteiger partial charge in [-0.25, -0.2) is 0 Å². The summed E-state index contributed by atoms with van der Waals surface area (Å²) >= 11 is 1.89. The number of nitrogens with one attached hydrogen (secondary N) is 1. The first-order valence-electron chi connectivity index (χ1n) is 9.34. The van der Waals surface area contributed by atoms with Crippen LogP contribution in [0.1, 0.15) is 90.4 Å². The summed E-state index contributed by atoms with van der Waals surface area (Å²) in [7, 11) is 0. The number of hydrogen-bond acceptors (Lipinski definition) is 3. The van der Waals surface area contributed by atoms with Crippen LogP contribution in [-0.4, -0.2) is 28.2 Å². The van der Waals surface area contributed by atoms with E-state index in [1.54, 1.807) is 0 Å². The van der Waals surface area contributed by atoms with Gasteiger partial charge in [0.15, 0.2) is 0 Å². The smallest absolute Gasteiger partial charge is 0.320 e. The van der Waals surface area contributed by atoms with E-state index in [2.05, 4.69) is 12.2 Å². The lowest BCUT2D eigenvalue weighted by atomic mass is 10.1. The van der Waals surface area contributed by atoms with Gasteiger partial charge in [0.1, 0.15) is 6.04 Å². The van der Waals surface area contributed by atoms with Crippen molar-refractivity contribution >= 4 is 17.7 Å². The Bertz CT molecular complexity index is 286. The zero-order valence-corrected chi connectivity index (χ0v) is 15.1. The summed E-state index contributed by atoms with van der Waals surface area (Å²) in [6.45, 7) is 2.27. The van der Waals surface area contributed by atoms with Crippen LogP contribution in [0.25, 0.3) is 0 Å². The van der Waals surface area contributed by atoms with Crippen molar-refractivity contribution in [3.05, 3.63) is 0 Å². The number of thioether (sulfide) groups is 1. The van der Waals surface area contributed by atoms with E-state index in [1.165, 1.54) is 70.6 Å². The second-order valence-corrected chi connectivity index (χ2v) is 7.84. The first-order chi connectivity index (χ1) is 10.7. The standard InChI is InChI=1S/C18H35NO2S/c1-2-3-4-5-6-7-8-9-10-11-12-13-17-19-16(18(20)21)14-15-22-17/h16-17,19H,2-15H2,1H3,(H,20,21)/t16-,17-/m1/s1. The molecule has 0 amide bonds. The largest absolute Gasteiger partial charge is 0.480 e. The molecule has 22 heavy (non-hydrogen) atoms. The third-order valence-corrected chi connectivity index (χ3v) is 5.73. The number of carboxylic acids is 1. The van der Waals surface area contributed by atoms with Crippen LogP contribution in [0.15, 0.2) is 0 Å². The van der Waals surface area contributed by atoms with Crippen LogP contribution in [0.3, 0.4) is 0 Å². The Morgan fingerprint density at radius 2 is 1.55 bits per heavy atom. The molecule has 0 radical (unpaired) electrons. The van der Waals surface area contributed by atoms with Gasteiger partial charge in [-0.05, 0) is 18.6 Å². The van der Waals surface area contributed by atoms with Crippen molar-refractivity contribution in [3.63, 3.8) is 0 Å². The molecule has 4 heteroatoms. The van der Waals surface area contributed by atoms with Crippen LogP contribution in [0.2, 0.25) is 0 Å². The fraction of sp³-hybridized carbons (Fsp3) is 0.944. The van der Waals surface area contributed by atoms with Crippen molar-refractivity contribution in [2.75, 3.05) is 5.75 Å². The van der Waals surface area contributed by atoms with Gasteiger partial charge in [-0.1, -0.05) is 77.6 Å². The van der Waals surface area contributed by atoms with Gasteiger partial charge >= 0.3 is 5.97 Å². The lowest BCUT2D eigenvalue weighted by Crippen LogP contribution is -2.45. The topological polar surface area (TPSA) is 49.3 Å². The summed E-state index contributed by atoms with van der Waals surface area (Å²) in [5.41, 5.74) is 0. The highest BCUT2D eigenvalue weighted by molar-refractivity contribution is 7.99. The Morgan fingerprint density at radius 1 is 1.00 bits per heavy atom. The van der Waals surface area contributed by atoms with Crippen LogP contribution < -0.4 is 5.32 Å². The Morgan fingerprint density at radius 3 is 2.09 bits per heavy atom. The molecule has 0 aromatic carbocycles. The lowest BCUT2D eigenvalue weighted by molar-refractivity contribution is -0.139. The number of hydrogen-bond donors (Lipinski definition) is 2. The van der Waals surface area contributed by atoms with Crippen molar-refractivity contribution in [1.82, 2.24) is 5.32 Å². The minimum atomic E-state index is -0.691.